The second-order valence-electron chi connectivity index (χ2n) is 3.80. The van der Waals surface area contributed by atoms with Crippen LogP contribution in [0.3, 0.4) is 0 Å². The highest BCUT2D eigenvalue weighted by molar-refractivity contribution is 5.75. The molecule has 1 aromatic rings. The summed E-state index contributed by atoms with van der Waals surface area (Å²) in [5.74, 6) is -1.04. The molecule has 0 spiro atoms. The van der Waals surface area contributed by atoms with E-state index in [1.165, 1.54) is 0 Å². The van der Waals surface area contributed by atoms with Gasteiger partial charge in [-0.2, -0.15) is 0 Å². The number of aliphatic carboxylic acids is 1. The third kappa shape index (κ3) is 4.10. The highest BCUT2D eigenvalue weighted by Crippen LogP contribution is 2.22. The molecule has 0 aromatic heterocycles. The van der Waals surface area contributed by atoms with Gasteiger partial charge in [-0.1, -0.05) is 24.3 Å². The van der Waals surface area contributed by atoms with Crippen molar-refractivity contribution in [3.05, 3.63) is 35.4 Å². The Morgan fingerprint density at radius 1 is 1.39 bits per heavy atom. The zero-order chi connectivity index (χ0) is 13.4. The van der Waals surface area contributed by atoms with Gasteiger partial charge in [0.1, 0.15) is 0 Å². The van der Waals surface area contributed by atoms with Gasteiger partial charge in [0.05, 0.1) is 13.2 Å². The van der Waals surface area contributed by atoms with Crippen LogP contribution in [0.15, 0.2) is 24.3 Å². The number of carbonyl (C=O) groups is 1. The number of benzene rings is 1. The van der Waals surface area contributed by atoms with Crippen molar-refractivity contribution in [2.75, 3.05) is 20.3 Å². The van der Waals surface area contributed by atoms with Gasteiger partial charge >= 0.3 is 5.97 Å². The van der Waals surface area contributed by atoms with Crippen LogP contribution in [0.2, 0.25) is 0 Å². The number of methoxy groups -OCH3 is 1. The Morgan fingerprint density at radius 2 is 2.11 bits per heavy atom. The first-order valence-electron chi connectivity index (χ1n) is 5.72. The largest absolute Gasteiger partial charge is 0.479 e. The fourth-order valence-corrected chi connectivity index (χ4v) is 1.64. The van der Waals surface area contributed by atoms with Gasteiger partial charge in [0, 0.05) is 13.7 Å². The quantitative estimate of drug-likeness (QED) is 0.685. The molecule has 0 heterocycles. The van der Waals surface area contributed by atoms with E-state index in [9.17, 15) is 9.90 Å². The van der Waals surface area contributed by atoms with Crippen LogP contribution in [-0.2, 0) is 20.9 Å². The van der Waals surface area contributed by atoms with E-state index < -0.39 is 12.1 Å². The Balaban J connectivity index is 2.87. The molecule has 0 amide bonds. The summed E-state index contributed by atoms with van der Waals surface area (Å²) in [6.45, 7) is 0.518. The molecule has 1 atom stereocenters. The van der Waals surface area contributed by atoms with Gasteiger partial charge in [0.15, 0.2) is 6.10 Å². The summed E-state index contributed by atoms with van der Waals surface area (Å²) < 4.78 is 10.3. The summed E-state index contributed by atoms with van der Waals surface area (Å²) in [6, 6.07) is 7.11. The van der Waals surface area contributed by atoms with Crippen molar-refractivity contribution in [1.82, 2.24) is 0 Å². The molecule has 1 rings (SSSR count). The predicted octanol–water partition coefficient (Wildman–Crippen LogP) is 1.36. The van der Waals surface area contributed by atoms with Gasteiger partial charge in [0.25, 0.3) is 0 Å². The fourth-order valence-electron chi connectivity index (χ4n) is 1.64. The normalized spacial score (nSPS) is 12.3. The molecule has 0 saturated carbocycles. The molecule has 1 aromatic carbocycles. The van der Waals surface area contributed by atoms with Crippen molar-refractivity contribution in [3.8, 4) is 0 Å². The lowest BCUT2D eigenvalue weighted by molar-refractivity contribution is -0.151. The second-order valence-corrected chi connectivity index (χ2v) is 3.80. The Labute approximate surface area is 106 Å². The molecule has 0 aliphatic carbocycles. The molecule has 5 nitrogen and oxygen atoms in total. The van der Waals surface area contributed by atoms with Crippen LogP contribution < -0.4 is 0 Å². The molecule has 100 valence electrons. The van der Waals surface area contributed by atoms with E-state index in [0.717, 1.165) is 5.56 Å². The molecule has 0 radical (unpaired) electrons. The topological polar surface area (TPSA) is 76.0 Å². The maximum Gasteiger partial charge on any atom is 0.337 e. The van der Waals surface area contributed by atoms with Gasteiger partial charge in [-0.25, -0.2) is 4.79 Å². The van der Waals surface area contributed by atoms with E-state index in [0.29, 0.717) is 18.6 Å². The van der Waals surface area contributed by atoms with Crippen LogP contribution in [0, 0.1) is 0 Å². The zero-order valence-corrected chi connectivity index (χ0v) is 10.3. The van der Waals surface area contributed by atoms with Gasteiger partial charge in [-0.15, -0.1) is 0 Å². The second kappa shape index (κ2) is 7.81. The highest BCUT2D eigenvalue weighted by atomic mass is 16.5. The summed E-state index contributed by atoms with van der Waals surface area (Å²) in [7, 11) is 1.55. The number of hydrogen-bond acceptors (Lipinski definition) is 4. The van der Waals surface area contributed by atoms with Crippen LogP contribution in [-0.4, -0.2) is 36.5 Å². The minimum atomic E-state index is -1.04. The number of carboxylic acids is 1. The summed E-state index contributed by atoms with van der Waals surface area (Å²) in [5.41, 5.74) is 1.38. The number of aliphatic hydroxyl groups is 1. The van der Waals surface area contributed by atoms with E-state index in [1.807, 2.05) is 12.1 Å². The Morgan fingerprint density at radius 3 is 2.72 bits per heavy atom. The molecule has 2 N–H and O–H groups in total. The average Bonchev–Trinajstić information content (AvgIpc) is 2.36. The summed E-state index contributed by atoms with van der Waals surface area (Å²) in [6.07, 6.45) is -0.612. The first-order chi connectivity index (χ1) is 8.70. The maximum atomic E-state index is 11.2. The van der Waals surface area contributed by atoms with E-state index in [1.54, 1.807) is 19.2 Å². The van der Waals surface area contributed by atoms with E-state index in [4.69, 9.17) is 14.6 Å². The van der Waals surface area contributed by atoms with Crippen LogP contribution >= 0.6 is 0 Å². The van der Waals surface area contributed by atoms with Crippen molar-refractivity contribution >= 4 is 5.97 Å². The maximum absolute atomic E-state index is 11.2. The summed E-state index contributed by atoms with van der Waals surface area (Å²) in [4.78, 5) is 11.2. The Kier molecular flexibility index (Phi) is 6.35. The minimum absolute atomic E-state index is 0.0218. The van der Waals surface area contributed by atoms with Gasteiger partial charge in [-0.3, -0.25) is 0 Å². The molecule has 0 bridgehead atoms. The number of carboxylic acid groups (broad SMARTS) is 1. The molecular weight excluding hydrogens is 236 g/mol. The molecule has 0 saturated heterocycles. The minimum Gasteiger partial charge on any atom is -0.479 e. The third-order valence-corrected chi connectivity index (χ3v) is 2.45. The summed E-state index contributed by atoms with van der Waals surface area (Å²) in [5, 5.41) is 17.9. The third-order valence-electron chi connectivity index (χ3n) is 2.45. The highest BCUT2D eigenvalue weighted by Gasteiger charge is 2.22. The molecule has 1 unspecified atom stereocenters. The Bertz CT molecular complexity index is 377. The van der Waals surface area contributed by atoms with E-state index in [2.05, 4.69) is 0 Å². The van der Waals surface area contributed by atoms with Gasteiger partial charge < -0.3 is 19.7 Å². The molecule has 18 heavy (non-hydrogen) atoms. The lowest BCUT2D eigenvalue weighted by Gasteiger charge is -2.17. The monoisotopic (exact) mass is 254 g/mol. The van der Waals surface area contributed by atoms with Gasteiger partial charge in [0.2, 0.25) is 0 Å². The first-order valence-corrected chi connectivity index (χ1v) is 5.72. The lowest BCUT2D eigenvalue weighted by atomic mass is 10.0. The average molecular weight is 254 g/mol. The molecule has 0 fully saturated rings. The fraction of sp³-hybridized carbons (Fsp3) is 0.462. The van der Waals surface area contributed by atoms with Crippen molar-refractivity contribution in [2.24, 2.45) is 0 Å². The SMILES string of the molecule is COCc1ccccc1C(OCCCO)C(=O)O. The van der Waals surface area contributed by atoms with Gasteiger partial charge in [-0.05, 0) is 17.5 Å². The van der Waals surface area contributed by atoms with E-state index in [-0.39, 0.29) is 13.2 Å². The zero-order valence-electron chi connectivity index (χ0n) is 10.3. The smallest absolute Gasteiger partial charge is 0.337 e. The molecule has 0 aliphatic rings. The van der Waals surface area contributed by atoms with Crippen molar-refractivity contribution in [2.45, 2.75) is 19.1 Å². The van der Waals surface area contributed by atoms with Crippen LogP contribution in [0.1, 0.15) is 23.7 Å². The number of aliphatic hydroxyl groups excluding tert-OH is 1. The van der Waals surface area contributed by atoms with Crippen molar-refractivity contribution < 1.29 is 24.5 Å². The van der Waals surface area contributed by atoms with Crippen LogP contribution in [0.5, 0.6) is 0 Å². The Hall–Kier alpha value is -1.43. The number of rotatable bonds is 8. The number of ether oxygens (including phenoxy) is 2. The molecular formula is C13H18O5. The summed E-state index contributed by atoms with van der Waals surface area (Å²) >= 11 is 0. The van der Waals surface area contributed by atoms with Crippen LogP contribution in [0.4, 0.5) is 0 Å². The number of hydrogen-bond donors (Lipinski definition) is 2. The molecule has 0 aliphatic heterocycles. The first kappa shape index (κ1) is 14.6. The van der Waals surface area contributed by atoms with Crippen molar-refractivity contribution in [1.29, 1.82) is 0 Å². The lowest BCUT2D eigenvalue weighted by Crippen LogP contribution is -2.18. The van der Waals surface area contributed by atoms with E-state index >= 15 is 0 Å². The van der Waals surface area contributed by atoms with Crippen molar-refractivity contribution in [3.63, 3.8) is 0 Å². The predicted molar refractivity (Wildman–Crippen MR) is 65.2 cm³/mol. The standard InChI is InChI=1S/C13H18O5/c1-17-9-10-5-2-3-6-11(10)12(13(15)16)18-8-4-7-14/h2-3,5-6,12,14H,4,7-9H2,1H3,(H,15,16). The van der Waals surface area contributed by atoms with Crippen LogP contribution in [0.25, 0.3) is 0 Å². The molecule has 5 heteroatoms.